The average Bonchev–Trinajstić information content (AvgIpc) is 2.91. The minimum absolute atomic E-state index is 0.240. The molecule has 108 valence electrons. The molecule has 20 heavy (non-hydrogen) atoms. The van der Waals surface area contributed by atoms with E-state index in [-0.39, 0.29) is 12.1 Å². The molecule has 0 aliphatic rings. The van der Waals surface area contributed by atoms with Crippen LogP contribution < -0.4 is 5.32 Å². The lowest BCUT2D eigenvalue weighted by atomic mass is 10.1. The molecule has 0 radical (unpaired) electrons. The standard InChI is InChI=1S/C15H21N3OS/c1-12(10-20(3)19)17-13(2)14-4-6-15(7-5-14)18-9-8-16-11-18/h4-9,11-13,17H,10H2,1-3H3. The van der Waals surface area contributed by atoms with E-state index in [1.807, 2.05) is 10.8 Å². The molecule has 0 saturated heterocycles. The first-order chi connectivity index (χ1) is 9.56. The molecule has 0 aliphatic heterocycles. The molecule has 1 aromatic heterocycles. The van der Waals surface area contributed by atoms with E-state index in [1.54, 1.807) is 18.8 Å². The van der Waals surface area contributed by atoms with Crippen LogP contribution in [0.1, 0.15) is 25.5 Å². The Balaban J connectivity index is 2.00. The molecular formula is C15H21N3OS. The first kappa shape index (κ1) is 14.9. The van der Waals surface area contributed by atoms with Crippen molar-refractivity contribution < 1.29 is 4.21 Å². The first-order valence-electron chi connectivity index (χ1n) is 6.70. The molecule has 2 rings (SSSR count). The van der Waals surface area contributed by atoms with Crippen molar-refractivity contribution in [3.63, 3.8) is 0 Å². The molecule has 3 unspecified atom stereocenters. The topological polar surface area (TPSA) is 46.9 Å². The van der Waals surface area contributed by atoms with Crippen LogP contribution in [0.2, 0.25) is 0 Å². The predicted octanol–water partition coefficient (Wildman–Crippen LogP) is 2.29. The van der Waals surface area contributed by atoms with Crippen LogP contribution in [0.15, 0.2) is 43.0 Å². The van der Waals surface area contributed by atoms with E-state index in [0.717, 1.165) is 5.69 Å². The van der Waals surface area contributed by atoms with E-state index in [4.69, 9.17) is 0 Å². The summed E-state index contributed by atoms with van der Waals surface area (Å²) in [5.74, 6) is 0.678. The lowest BCUT2D eigenvalue weighted by Crippen LogP contribution is -2.33. The highest BCUT2D eigenvalue weighted by Crippen LogP contribution is 2.16. The molecule has 1 aromatic carbocycles. The van der Waals surface area contributed by atoms with E-state index in [1.165, 1.54) is 5.56 Å². The monoisotopic (exact) mass is 291 g/mol. The molecule has 1 N–H and O–H groups in total. The third kappa shape index (κ3) is 4.02. The van der Waals surface area contributed by atoms with Crippen LogP contribution in [-0.4, -0.2) is 31.8 Å². The Morgan fingerprint density at radius 2 is 2.00 bits per heavy atom. The van der Waals surface area contributed by atoms with Crippen molar-refractivity contribution in [1.29, 1.82) is 0 Å². The number of aromatic nitrogens is 2. The van der Waals surface area contributed by atoms with Crippen molar-refractivity contribution in [3.05, 3.63) is 48.5 Å². The Morgan fingerprint density at radius 3 is 2.55 bits per heavy atom. The number of nitrogens with one attached hydrogen (secondary N) is 1. The summed E-state index contributed by atoms with van der Waals surface area (Å²) < 4.78 is 13.2. The molecule has 3 atom stereocenters. The maximum Gasteiger partial charge on any atom is 0.0991 e. The largest absolute Gasteiger partial charge is 0.307 e. The van der Waals surface area contributed by atoms with Gasteiger partial charge in [0, 0.05) is 53.0 Å². The van der Waals surface area contributed by atoms with Crippen molar-refractivity contribution >= 4 is 10.8 Å². The zero-order valence-corrected chi connectivity index (χ0v) is 12.9. The Morgan fingerprint density at radius 1 is 1.30 bits per heavy atom. The van der Waals surface area contributed by atoms with Crippen LogP contribution in [0.4, 0.5) is 0 Å². The summed E-state index contributed by atoms with van der Waals surface area (Å²) in [6.07, 6.45) is 7.22. The smallest absolute Gasteiger partial charge is 0.0991 e. The highest BCUT2D eigenvalue weighted by atomic mass is 32.2. The number of hydrogen-bond donors (Lipinski definition) is 1. The van der Waals surface area contributed by atoms with Crippen molar-refractivity contribution in [1.82, 2.24) is 14.9 Å². The number of imidazole rings is 1. The van der Waals surface area contributed by atoms with Gasteiger partial charge in [0.1, 0.15) is 0 Å². The summed E-state index contributed by atoms with van der Waals surface area (Å²) in [5.41, 5.74) is 2.32. The summed E-state index contributed by atoms with van der Waals surface area (Å²) in [7, 11) is -0.765. The number of nitrogens with zero attached hydrogens (tertiary/aromatic N) is 2. The van der Waals surface area contributed by atoms with Gasteiger partial charge in [-0.3, -0.25) is 4.21 Å². The Labute approximate surface area is 122 Å². The molecule has 0 aliphatic carbocycles. The normalized spacial score (nSPS) is 15.8. The number of hydrogen-bond acceptors (Lipinski definition) is 3. The fourth-order valence-corrected chi connectivity index (χ4v) is 3.07. The van der Waals surface area contributed by atoms with E-state index in [2.05, 4.69) is 48.4 Å². The predicted molar refractivity (Wildman–Crippen MR) is 83.5 cm³/mol. The van der Waals surface area contributed by atoms with Gasteiger partial charge in [0.05, 0.1) is 6.33 Å². The van der Waals surface area contributed by atoms with Crippen LogP contribution >= 0.6 is 0 Å². The van der Waals surface area contributed by atoms with Gasteiger partial charge in [-0.05, 0) is 31.5 Å². The third-order valence-electron chi connectivity index (χ3n) is 3.21. The van der Waals surface area contributed by atoms with Crippen molar-refractivity contribution in [2.75, 3.05) is 12.0 Å². The zero-order chi connectivity index (χ0) is 14.5. The van der Waals surface area contributed by atoms with E-state index in [9.17, 15) is 4.21 Å². The fourth-order valence-electron chi connectivity index (χ4n) is 2.27. The maximum atomic E-state index is 11.2. The highest BCUT2D eigenvalue weighted by molar-refractivity contribution is 7.84. The van der Waals surface area contributed by atoms with Gasteiger partial charge in [-0.2, -0.15) is 0 Å². The molecule has 4 nitrogen and oxygen atoms in total. The van der Waals surface area contributed by atoms with Gasteiger partial charge in [-0.25, -0.2) is 4.98 Å². The second kappa shape index (κ2) is 6.81. The highest BCUT2D eigenvalue weighted by Gasteiger charge is 2.10. The van der Waals surface area contributed by atoms with Gasteiger partial charge in [-0.1, -0.05) is 12.1 Å². The van der Waals surface area contributed by atoms with Gasteiger partial charge < -0.3 is 9.88 Å². The number of benzene rings is 1. The van der Waals surface area contributed by atoms with Gasteiger partial charge >= 0.3 is 0 Å². The van der Waals surface area contributed by atoms with Crippen LogP contribution in [0, 0.1) is 0 Å². The van der Waals surface area contributed by atoms with Crippen LogP contribution in [-0.2, 0) is 10.8 Å². The van der Waals surface area contributed by atoms with Crippen molar-refractivity contribution in [3.8, 4) is 5.69 Å². The van der Waals surface area contributed by atoms with Gasteiger partial charge in [0.2, 0.25) is 0 Å². The quantitative estimate of drug-likeness (QED) is 0.888. The molecule has 5 heteroatoms. The van der Waals surface area contributed by atoms with Gasteiger partial charge in [0.25, 0.3) is 0 Å². The molecule has 0 spiro atoms. The van der Waals surface area contributed by atoms with Crippen molar-refractivity contribution in [2.24, 2.45) is 0 Å². The van der Waals surface area contributed by atoms with E-state index in [0.29, 0.717) is 5.75 Å². The Bertz CT molecular complexity index is 551. The second-order valence-electron chi connectivity index (χ2n) is 5.09. The minimum Gasteiger partial charge on any atom is -0.307 e. The number of rotatable bonds is 6. The summed E-state index contributed by atoms with van der Waals surface area (Å²) >= 11 is 0. The van der Waals surface area contributed by atoms with E-state index < -0.39 is 10.8 Å². The van der Waals surface area contributed by atoms with Crippen LogP contribution in [0.3, 0.4) is 0 Å². The molecular weight excluding hydrogens is 270 g/mol. The van der Waals surface area contributed by atoms with Gasteiger partial charge in [0.15, 0.2) is 0 Å². The maximum absolute atomic E-state index is 11.2. The van der Waals surface area contributed by atoms with Crippen molar-refractivity contribution in [2.45, 2.75) is 25.9 Å². The first-order valence-corrected chi connectivity index (χ1v) is 8.43. The third-order valence-corrected chi connectivity index (χ3v) is 4.18. The summed E-state index contributed by atoms with van der Waals surface area (Å²) in [6.45, 7) is 4.19. The second-order valence-corrected chi connectivity index (χ2v) is 6.57. The fraction of sp³-hybridized carbons (Fsp3) is 0.400. The SMILES string of the molecule is CC(CS(C)=O)NC(C)c1ccc(-n2ccnc2)cc1. The lowest BCUT2D eigenvalue weighted by Gasteiger charge is -2.20. The summed E-state index contributed by atoms with van der Waals surface area (Å²) in [6, 6.07) is 8.87. The van der Waals surface area contributed by atoms with Crippen LogP contribution in [0.5, 0.6) is 0 Å². The minimum atomic E-state index is -0.765. The Hall–Kier alpha value is -1.46. The van der Waals surface area contributed by atoms with Crippen LogP contribution in [0.25, 0.3) is 5.69 Å². The summed E-state index contributed by atoms with van der Waals surface area (Å²) in [5, 5.41) is 3.47. The zero-order valence-electron chi connectivity index (χ0n) is 12.1. The molecule has 0 fully saturated rings. The average molecular weight is 291 g/mol. The van der Waals surface area contributed by atoms with Gasteiger partial charge in [-0.15, -0.1) is 0 Å². The molecule has 2 aromatic rings. The Kier molecular flexibility index (Phi) is 5.09. The summed E-state index contributed by atoms with van der Waals surface area (Å²) in [4.78, 5) is 4.04. The molecule has 0 bridgehead atoms. The molecule has 1 heterocycles. The molecule has 0 amide bonds. The lowest BCUT2D eigenvalue weighted by molar-refractivity contribution is 0.508. The molecule has 0 saturated carbocycles. The van der Waals surface area contributed by atoms with E-state index >= 15 is 0 Å².